The van der Waals surface area contributed by atoms with Crippen LogP contribution in [0.1, 0.15) is 86.3 Å². The highest BCUT2D eigenvalue weighted by molar-refractivity contribution is 5.88. The molecule has 2 aromatic carbocycles. The van der Waals surface area contributed by atoms with Crippen LogP contribution >= 0.6 is 0 Å². The Kier molecular flexibility index (Phi) is 7.62. The molecule has 0 radical (unpaired) electrons. The summed E-state index contributed by atoms with van der Waals surface area (Å²) in [6.45, 7) is 6.37. The Morgan fingerprint density at radius 2 is 1.92 bits per heavy atom. The first-order chi connectivity index (χ1) is 17.1. The average molecular weight is 493 g/mol. The van der Waals surface area contributed by atoms with Gasteiger partial charge in [-0.1, -0.05) is 42.5 Å². The molecule has 4 unspecified atom stereocenters. The summed E-state index contributed by atoms with van der Waals surface area (Å²) < 4.78 is 5.89. The number of carboxylic acids is 1. The van der Waals surface area contributed by atoms with E-state index >= 15 is 0 Å². The van der Waals surface area contributed by atoms with Gasteiger partial charge in [-0.3, -0.25) is 15.0 Å². The summed E-state index contributed by atoms with van der Waals surface area (Å²) in [7, 11) is 0. The number of ether oxygens (including phenoxy) is 1. The molecule has 7 heteroatoms. The van der Waals surface area contributed by atoms with E-state index in [1.54, 1.807) is 18.2 Å². The summed E-state index contributed by atoms with van der Waals surface area (Å²) in [5.74, 6) is -1.26. The maximum absolute atomic E-state index is 13.6. The number of esters is 1. The second kappa shape index (κ2) is 10.5. The van der Waals surface area contributed by atoms with Crippen molar-refractivity contribution in [1.29, 1.82) is 0 Å². The number of piperidine rings is 1. The topological polar surface area (TPSA) is 95.9 Å². The molecule has 0 aromatic heterocycles. The Labute approximate surface area is 212 Å². The van der Waals surface area contributed by atoms with Gasteiger partial charge in [-0.05, 0) is 69.7 Å². The van der Waals surface area contributed by atoms with E-state index in [1.807, 2.05) is 57.2 Å². The van der Waals surface area contributed by atoms with E-state index in [9.17, 15) is 19.5 Å². The number of aromatic carboxylic acids is 1. The van der Waals surface area contributed by atoms with Gasteiger partial charge in [0.2, 0.25) is 0 Å². The fourth-order valence-corrected chi connectivity index (χ4v) is 5.38. The number of hydrogen-bond acceptors (Lipinski definition) is 6. The summed E-state index contributed by atoms with van der Waals surface area (Å²) >= 11 is 0. The lowest BCUT2D eigenvalue weighted by Gasteiger charge is -2.43. The van der Waals surface area contributed by atoms with Crippen LogP contribution in [-0.2, 0) is 14.3 Å². The van der Waals surface area contributed by atoms with Crippen molar-refractivity contribution in [3.63, 3.8) is 0 Å². The van der Waals surface area contributed by atoms with E-state index in [-0.39, 0.29) is 36.1 Å². The van der Waals surface area contributed by atoms with Crippen LogP contribution in [-0.4, -0.2) is 52.1 Å². The van der Waals surface area contributed by atoms with Crippen molar-refractivity contribution in [2.24, 2.45) is 0 Å². The van der Waals surface area contributed by atoms with Gasteiger partial charge in [-0.2, -0.15) is 0 Å². The Morgan fingerprint density at radius 1 is 1.17 bits per heavy atom. The summed E-state index contributed by atoms with van der Waals surface area (Å²) in [4.78, 5) is 39.1. The molecule has 2 aliphatic rings. The van der Waals surface area contributed by atoms with Gasteiger partial charge in [-0.15, -0.1) is 0 Å². The number of hydrogen-bond donors (Lipinski definition) is 2. The van der Waals surface area contributed by atoms with Gasteiger partial charge >= 0.3 is 11.9 Å². The number of aldehydes is 1. The van der Waals surface area contributed by atoms with Crippen molar-refractivity contribution in [3.05, 3.63) is 71.3 Å². The van der Waals surface area contributed by atoms with E-state index in [0.29, 0.717) is 6.42 Å². The minimum atomic E-state index is -0.998. The van der Waals surface area contributed by atoms with Crippen LogP contribution in [0.5, 0.6) is 0 Å². The van der Waals surface area contributed by atoms with Gasteiger partial charge in [0.25, 0.3) is 0 Å². The van der Waals surface area contributed by atoms with Crippen LogP contribution in [0.25, 0.3) is 0 Å². The fourth-order valence-electron chi connectivity index (χ4n) is 5.38. The Morgan fingerprint density at radius 3 is 2.58 bits per heavy atom. The van der Waals surface area contributed by atoms with Crippen LogP contribution in [0.3, 0.4) is 0 Å². The Bertz CT molecular complexity index is 1100. The summed E-state index contributed by atoms with van der Waals surface area (Å²) in [6.07, 6.45) is 4.40. The lowest BCUT2D eigenvalue weighted by molar-refractivity contribution is -0.160. The van der Waals surface area contributed by atoms with Crippen molar-refractivity contribution in [1.82, 2.24) is 10.2 Å². The van der Waals surface area contributed by atoms with E-state index in [2.05, 4.69) is 10.2 Å². The molecule has 0 bridgehead atoms. The molecule has 2 fully saturated rings. The fraction of sp³-hybridized carbons (Fsp3) is 0.483. The third-order valence-electron chi connectivity index (χ3n) is 7.13. The van der Waals surface area contributed by atoms with Crippen molar-refractivity contribution < 1.29 is 24.2 Å². The first-order valence-corrected chi connectivity index (χ1v) is 12.7. The number of nitrogens with zero attached hydrogens (tertiary/aromatic N) is 1. The second-order valence-corrected chi connectivity index (χ2v) is 10.9. The number of carboxylic acid groups (broad SMARTS) is 1. The summed E-state index contributed by atoms with van der Waals surface area (Å²) in [6, 6.07) is 16.5. The maximum Gasteiger partial charge on any atom is 0.335 e. The molecule has 1 heterocycles. The molecule has 1 aliphatic carbocycles. The molecule has 1 saturated carbocycles. The standard InChI is InChI=1S/C29H36N2O5/c1-28(2,3)36-27(35)29(19-23(29)20-10-5-4-6-11-20)30-25-14-7-8-16-31(25)24(15-17-32)21-12-9-13-22(18-21)26(33)34/h4-6,9-13,17-18,23-25,30H,7-8,14-16,19H2,1-3H3,(H,33,34). The monoisotopic (exact) mass is 492 g/mol. The largest absolute Gasteiger partial charge is 0.478 e. The zero-order valence-electron chi connectivity index (χ0n) is 21.3. The summed E-state index contributed by atoms with van der Waals surface area (Å²) in [5, 5.41) is 13.2. The van der Waals surface area contributed by atoms with Crippen LogP contribution in [0.15, 0.2) is 54.6 Å². The van der Waals surface area contributed by atoms with Crippen LogP contribution in [0, 0.1) is 0 Å². The minimum absolute atomic E-state index is 0.00261. The SMILES string of the molecule is CC(C)(C)OC(=O)C1(NC2CCCCN2C(CC=O)c2cccc(C(=O)O)c2)CC1c1ccccc1. The van der Waals surface area contributed by atoms with Gasteiger partial charge in [0.1, 0.15) is 17.4 Å². The molecule has 36 heavy (non-hydrogen) atoms. The molecule has 1 aliphatic heterocycles. The first kappa shape index (κ1) is 26.0. The van der Waals surface area contributed by atoms with Crippen molar-refractivity contribution in [2.75, 3.05) is 6.54 Å². The molecule has 2 N–H and O–H groups in total. The number of benzene rings is 2. The van der Waals surface area contributed by atoms with Crippen molar-refractivity contribution >= 4 is 18.2 Å². The number of rotatable bonds is 9. The Hall–Kier alpha value is -3.03. The maximum atomic E-state index is 13.6. The summed E-state index contributed by atoms with van der Waals surface area (Å²) in [5.41, 5.74) is 0.624. The molecular weight excluding hydrogens is 456 g/mol. The smallest absolute Gasteiger partial charge is 0.335 e. The molecule has 2 aromatic rings. The molecule has 4 atom stereocenters. The highest BCUT2D eigenvalue weighted by atomic mass is 16.6. The number of carbonyl (C=O) groups excluding carboxylic acids is 2. The number of nitrogens with one attached hydrogen (secondary N) is 1. The number of carbonyl (C=O) groups is 3. The van der Waals surface area contributed by atoms with Gasteiger partial charge < -0.3 is 14.6 Å². The molecule has 7 nitrogen and oxygen atoms in total. The minimum Gasteiger partial charge on any atom is -0.478 e. The predicted molar refractivity (Wildman–Crippen MR) is 137 cm³/mol. The molecule has 0 amide bonds. The van der Waals surface area contributed by atoms with Gasteiger partial charge in [0, 0.05) is 24.9 Å². The van der Waals surface area contributed by atoms with Crippen LogP contribution in [0.4, 0.5) is 0 Å². The van der Waals surface area contributed by atoms with Crippen LogP contribution in [0.2, 0.25) is 0 Å². The molecule has 1 saturated heterocycles. The number of likely N-dealkylation sites (tertiary alicyclic amines) is 1. The Balaban J connectivity index is 1.65. The lowest BCUT2D eigenvalue weighted by Crippen LogP contribution is -2.57. The van der Waals surface area contributed by atoms with Gasteiger partial charge in [0.15, 0.2) is 0 Å². The average Bonchev–Trinajstić information content (AvgIpc) is 3.58. The lowest BCUT2D eigenvalue weighted by atomic mass is 9.95. The molecule has 4 rings (SSSR count). The van der Waals surface area contributed by atoms with Gasteiger partial charge in [0.05, 0.1) is 11.7 Å². The second-order valence-electron chi connectivity index (χ2n) is 10.9. The highest BCUT2D eigenvalue weighted by Crippen LogP contribution is 2.53. The zero-order chi connectivity index (χ0) is 25.9. The van der Waals surface area contributed by atoms with E-state index in [1.165, 1.54) is 0 Å². The molecule has 0 spiro atoms. The van der Waals surface area contributed by atoms with Crippen molar-refractivity contribution in [2.45, 2.75) is 82.1 Å². The highest BCUT2D eigenvalue weighted by Gasteiger charge is 2.63. The zero-order valence-corrected chi connectivity index (χ0v) is 21.3. The third-order valence-corrected chi connectivity index (χ3v) is 7.13. The quantitative estimate of drug-likeness (QED) is 0.387. The predicted octanol–water partition coefficient (Wildman–Crippen LogP) is 4.68. The first-order valence-electron chi connectivity index (χ1n) is 12.7. The van der Waals surface area contributed by atoms with E-state index in [0.717, 1.165) is 43.2 Å². The van der Waals surface area contributed by atoms with E-state index in [4.69, 9.17) is 4.74 Å². The van der Waals surface area contributed by atoms with Crippen LogP contribution < -0.4 is 5.32 Å². The van der Waals surface area contributed by atoms with Crippen molar-refractivity contribution in [3.8, 4) is 0 Å². The molecule has 192 valence electrons. The van der Waals surface area contributed by atoms with E-state index < -0.39 is 17.1 Å². The van der Waals surface area contributed by atoms with Gasteiger partial charge in [-0.25, -0.2) is 4.79 Å². The third kappa shape index (κ3) is 5.68. The normalized spacial score (nSPS) is 25.1. The molecular formula is C29H36N2O5.